The van der Waals surface area contributed by atoms with Crippen LogP contribution < -0.4 is 0 Å². The van der Waals surface area contributed by atoms with Gasteiger partial charge >= 0.3 is 0 Å². The lowest BCUT2D eigenvalue weighted by molar-refractivity contribution is 0.190. The monoisotopic (exact) mass is 444 g/mol. The van der Waals surface area contributed by atoms with Crippen LogP contribution in [-0.2, 0) is 6.42 Å². The Kier molecular flexibility index (Phi) is 5.13. The van der Waals surface area contributed by atoms with Gasteiger partial charge < -0.3 is 9.47 Å². The van der Waals surface area contributed by atoms with Crippen LogP contribution in [0.3, 0.4) is 0 Å². The van der Waals surface area contributed by atoms with Crippen LogP contribution in [0.2, 0.25) is 0 Å². The molecule has 1 aliphatic rings. The summed E-state index contributed by atoms with van der Waals surface area (Å²) in [7, 11) is 0. The van der Waals surface area contributed by atoms with Crippen molar-refractivity contribution in [2.24, 2.45) is 0 Å². The van der Waals surface area contributed by atoms with E-state index in [1.54, 1.807) is 0 Å². The zero-order valence-electron chi connectivity index (χ0n) is 14.8. The summed E-state index contributed by atoms with van der Waals surface area (Å²) in [5.74, 6) is 0. The predicted octanol–water partition coefficient (Wildman–Crippen LogP) is 5.43. The minimum Gasteiger partial charge on any atom is -0.343 e. The molecule has 1 aliphatic heterocycles. The third-order valence-corrected chi connectivity index (χ3v) is 6.31. The molecule has 0 radical (unpaired) electrons. The van der Waals surface area contributed by atoms with Crippen molar-refractivity contribution in [1.82, 2.24) is 9.47 Å². The molecule has 3 heteroatoms. The molecule has 0 bridgehead atoms. The Labute approximate surface area is 164 Å². The van der Waals surface area contributed by atoms with E-state index in [-0.39, 0.29) is 0 Å². The van der Waals surface area contributed by atoms with Gasteiger partial charge in [0.25, 0.3) is 0 Å². The topological polar surface area (TPSA) is 8.17 Å². The van der Waals surface area contributed by atoms with E-state index in [1.165, 1.54) is 58.1 Å². The summed E-state index contributed by atoms with van der Waals surface area (Å²) < 4.78 is 3.89. The highest BCUT2D eigenvalue weighted by molar-refractivity contribution is 14.1. The van der Waals surface area contributed by atoms with E-state index < -0.39 is 0 Å². The molecule has 1 aromatic heterocycles. The van der Waals surface area contributed by atoms with Gasteiger partial charge in [-0.25, -0.2) is 0 Å². The molecule has 4 rings (SSSR count). The van der Waals surface area contributed by atoms with Crippen LogP contribution in [0, 0.1) is 10.5 Å². The Morgan fingerprint density at radius 2 is 1.84 bits per heavy atom. The van der Waals surface area contributed by atoms with Crippen molar-refractivity contribution in [2.75, 3.05) is 19.6 Å². The number of halogens is 1. The number of benzene rings is 2. The van der Waals surface area contributed by atoms with E-state index in [0.29, 0.717) is 6.04 Å². The normalized spacial score (nSPS) is 16.6. The fourth-order valence-corrected chi connectivity index (χ4v) is 4.85. The van der Waals surface area contributed by atoms with Crippen molar-refractivity contribution in [3.05, 3.63) is 69.4 Å². The van der Waals surface area contributed by atoms with Crippen LogP contribution in [-0.4, -0.2) is 29.1 Å². The molecule has 2 heterocycles. The van der Waals surface area contributed by atoms with Gasteiger partial charge in [0.15, 0.2) is 0 Å². The standard InChI is InChI=1S/C22H25IN2/c1-17-4-2-5-18(16-17)8-12-24-13-10-20(11-14-24)25-15-9-19-6-3-7-21(23)22(19)25/h2-7,9,15-16,20H,8,10-14H2,1H3. The van der Waals surface area contributed by atoms with Crippen molar-refractivity contribution < 1.29 is 0 Å². The van der Waals surface area contributed by atoms with Gasteiger partial charge in [-0.15, -0.1) is 0 Å². The SMILES string of the molecule is Cc1cccc(CCN2CCC(n3ccc4cccc(I)c43)CC2)c1. The molecule has 0 atom stereocenters. The average Bonchev–Trinajstić information content (AvgIpc) is 3.06. The molecule has 0 saturated carbocycles. The molecular weight excluding hydrogens is 419 g/mol. The third kappa shape index (κ3) is 3.77. The average molecular weight is 444 g/mol. The molecule has 2 nitrogen and oxygen atoms in total. The molecular formula is C22H25IN2. The summed E-state index contributed by atoms with van der Waals surface area (Å²) in [6.07, 6.45) is 5.96. The number of aryl methyl sites for hydroxylation is 1. The quantitative estimate of drug-likeness (QED) is 0.487. The van der Waals surface area contributed by atoms with Gasteiger partial charge in [0, 0.05) is 40.8 Å². The van der Waals surface area contributed by atoms with Gasteiger partial charge in [0.2, 0.25) is 0 Å². The maximum atomic E-state index is 2.63. The molecule has 0 spiro atoms. The summed E-state index contributed by atoms with van der Waals surface area (Å²) in [5, 5.41) is 1.37. The molecule has 130 valence electrons. The Morgan fingerprint density at radius 1 is 1.04 bits per heavy atom. The second-order valence-electron chi connectivity index (χ2n) is 7.21. The molecule has 0 amide bonds. The maximum absolute atomic E-state index is 2.63. The highest BCUT2D eigenvalue weighted by Crippen LogP contribution is 2.30. The Bertz CT molecular complexity index is 859. The summed E-state index contributed by atoms with van der Waals surface area (Å²) in [6.45, 7) is 5.77. The lowest BCUT2D eigenvalue weighted by Crippen LogP contribution is -2.35. The van der Waals surface area contributed by atoms with Gasteiger partial charge in [-0.1, -0.05) is 42.0 Å². The first-order valence-electron chi connectivity index (χ1n) is 9.24. The minimum atomic E-state index is 0.642. The summed E-state index contributed by atoms with van der Waals surface area (Å²) >= 11 is 2.47. The van der Waals surface area contributed by atoms with E-state index in [9.17, 15) is 0 Å². The van der Waals surface area contributed by atoms with E-state index in [4.69, 9.17) is 0 Å². The molecule has 0 unspecified atom stereocenters. The number of hydrogen-bond acceptors (Lipinski definition) is 1. The molecule has 0 aliphatic carbocycles. The van der Waals surface area contributed by atoms with E-state index in [0.717, 1.165) is 6.42 Å². The molecule has 0 N–H and O–H groups in total. The smallest absolute Gasteiger partial charge is 0.0618 e. The van der Waals surface area contributed by atoms with Crippen LogP contribution >= 0.6 is 22.6 Å². The second kappa shape index (κ2) is 7.50. The number of piperidine rings is 1. The minimum absolute atomic E-state index is 0.642. The highest BCUT2D eigenvalue weighted by Gasteiger charge is 2.21. The molecule has 1 saturated heterocycles. The number of nitrogens with zero attached hydrogens (tertiary/aromatic N) is 2. The van der Waals surface area contributed by atoms with E-state index in [2.05, 4.69) is 93.7 Å². The number of hydrogen-bond donors (Lipinski definition) is 0. The Balaban J connectivity index is 1.38. The lowest BCUT2D eigenvalue weighted by atomic mass is 10.0. The van der Waals surface area contributed by atoms with E-state index >= 15 is 0 Å². The van der Waals surface area contributed by atoms with Crippen molar-refractivity contribution in [3.63, 3.8) is 0 Å². The largest absolute Gasteiger partial charge is 0.343 e. The molecule has 25 heavy (non-hydrogen) atoms. The number of rotatable bonds is 4. The Hall–Kier alpha value is -1.33. The number of likely N-dealkylation sites (tertiary alicyclic amines) is 1. The summed E-state index contributed by atoms with van der Waals surface area (Å²) in [5.41, 5.74) is 4.25. The van der Waals surface area contributed by atoms with Crippen molar-refractivity contribution >= 4 is 33.5 Å². The first-order chi connectivity index (χ1) is 12.2. The van der Waals surface area contributed by atoms with Crippen molar-refractivity contribution in [1.29, 1.82) is 0 Å². The van der Waals surface area contributed by atoms with Crippen LogP contribution in [0.25, 0.3) is 10.9 Å². The van der Waals surface area contributed by atoms with Crippen LogP contribution in [0.1, 0.15) is 30.0 Å². The zero-order chi connectivity index (χ0) is 17.2. The van der Waals surface area contributed by atoms with Crippen LogP contribution in [0.4, 0.5) is 0 Å². The number of aromatic nitrogens is 1. The Morgan fingerprint density at radius 3 is 2.64 bits per heavy atom. The number of fused-ring (bicyclic) bond motifs is 1. The van der Waals surface area contributed by atoms with Gasteiger partial charge in [-0.2, -0.15) is 0 Å². The predicted molar refractivity (Wildman–Crippen MR) is 114 cm³/mol. The van der Waals surface area contributed by atoms with Gasteiger partial charge in [-0.05, 0) is 66.5 Å². The highest BCUT2D eigenvalue weighted by atomic mass is 127. The zero-order valence-corrected chi connectivity index (χ0v) is 16.9. The maximum Gasteiger partial charge on any atom is 0.0618 e. The molecule has 3 aromatic rings. The summed E-state index contributed by atoms with van der Waals surface area (Å²) in [4.78, 5) is 2.63. The summed E-state index contributed by atoms with van der Waals surface area (Å²) in [6, 6.07) is 18.4. The fourth-order valence-electron chi connectivity index (χ4n) is 4.05. The molecule has 2 aromatic carbocycles. The van der Waals surface area contributed by atoms with Crippen molar-refractivity contribution in [2.45, 2.75) is 32.2 Å². The van der Waals surface area contributed by atoms with E-state index in [1.807, 2.05) is 0 Å². The van der Waals surface area contributed by atoms with Crippen molar-refractivity contribution in [3.8, 4) is 0 Å². The van der Waals surface area contributed by atoms with Gasteiger partial charge in [0.05, 0.1) is 5.52 Å². The second-order valence-corrected chi connectivity index (χ2v) is 8.37. The lowest BCUT2D eigenvalue weighted by Gasteiger charge is -2.33. The first kappa shape index (κ1) is 17.1. The fraction of sp³-hybridized carbons (Fsp3) is 0.364. The van der Waals surface area contributed by atoms with Crippen LogP contribution in [0.5, 0.6) is 0 Å². The molecule has 1 fully saturated rings. The first-order valence-corrected chi connectivity index (χ1v) is 10.3. The third-order valence-electron chi connectivity index (χ3n) is 5.44. The van der Waals surface area contributed by atoms with Gasteiger partial charge in [-0.3, -0.25) is 0 Å². The number of para-hydroxylation sites is 1. The van der Waals surface area contributed by atoms with Gasteiger partial charge in [0.1, 0.15) is 0 Å². The van der Waals surface area contributed by atoms with Crippen LogP contribution in [0.15, 0.2) is 54.7 Å².